The molecule has 5 heteroatoms. The van der Waals surface area contributed by atoms with E-state index >= 15 is 0 Å². The first-order valence-electron chi connectivity index (χ1n) is 8.56. The van der Waals surface area contributed by atoms with Gasteiger partial charge in [0.2, 0.25) is 5.91 Å². The van der Waals surface area contributed by atoms with Gasteiger partial charge in [0, 0.05) is 31.1 Å². The largest absolute Gasteiger partial charge is 0.486 e. The number of hydrogen-bond donors (Lipinski definition) is 1. The number of amides is 1. The molecule has 1 aromatic carbocycles. The smallest absolute Gasteiger partial charge is 0.226 e. The molecule has 1 saturated carbocycles. The third-order valence-corrected chi connectivity index (χ3v) is 4.97. The molecule has 1 aromatic rings. The average Bonchev–Trinajstić information content (AvgIpc) is 3.33. The number of piperazine rings is 1. The number of ether oxygens (including phenoxy) is 2. The van der Waals surface area contributed by atoms with Crippen molar-refractivity contribution >= 4 is 5.91 Å². The Bertz CT molecular complexity index is 608. The van der Waals surface area contributed by atoms with E-state index in [9.17, 15) is 4.79 Å². The molecule has 3 aliphatic rings. The van der Waals surface area contributed by atoms with Gasteiger partial charge in [0.25, 0.3) is 0 Å². The summed E-state index contributed by atoms with van der Waals surface area (Å²) in [5.74, 6) is 2.41. The molecule has 0 aromatic heterocycles. The zero-order chi connectivity index (χ0) is 16.0. The van der Waals surface area contributed by atoms with Crippen molar-refractivity contribution in [2.24, 2.45) is 5.92 Å². The second-order valence-electron chi connectivity index (χ2n) is 7.06. The van der Waals surface area contributed by atoms with Crippen LogP contribution < -0.4 is 14.8 Å². The van der Waals surface area contributed by atoms with E-state index in [4.69, 9.17) is 9.47 Å². The van der Waals surface area contributed by atoms with Gasteiger partial charge in [0.1, 0.15) is 13.2 Å². The summed E-state index contributed by atoms with van der Waals surface area (Å²) in [5, 5.41) is 3.48. The monoisotopic (exact) mass is 316 g/mol. The maximum atomic E-state index is 12.8. The molecule has 2 heterocycles. The van der Waals surface area contributed by atoms with Crippen molar-refractivity contribution in [2.75, 3.05) is 26.3 Å². The maximum absolute atomic E-state index is 12.8. The van der Waals surface area contributed by atoms with Crippen LogP contribution in [0.5, 0.6) is 11.5 Å². The predicted molar refractivity (Wildman–Crippen MR) is 86.9 cm³/mol. The van der Waals surface area contributed by atoms with Gasteiger partial charge in [-0.2, -0.15) is 0 Å². The third kappa shape index (κ3) is 2.90. The number of hydrogen-bond acceptors (Lipinski definition) is 4. The highest BCUT2D eigenvalue weighted by atomic mass is 16.6. The van der Waals surface area contributed by atoms with E-state index in [1.54, 1.807) is 0 Å². The summed E-state index contributed by atoms with van der Waals surface area (Å²) in [4.78, 5) is 14.8. The van der Waals surface area contributed by atoms with Gasteiger partial charge in [0.05, 0.1) is 0 Å². The van der Waals surface area contributed by atoms with Crippen LogP contribution in [0.15, 0.2) is 18.2 Å². The Balaban J connectivity index is 1.44. The summed E-state index contributed by atoms with van der Waals surface area (Å²) in [6, 6.07) is 6.84. The van der Waals surface area contributed by atoms with Gasteiger partial charge in [-0.3, -0.25) is 4.79 Å². The second-order valence-corrected chi connectivity index (χ2v) is 7.06. The van der Waals surface area contributed by atoms with Gasteiger partial charge in [-0.05, 0) is 43.9 Å². The Hall–Kier alpha value is -1.75. The molecule has 1 aliphatic carbocycles. The molecule has 1 amide bonds. The van der Waals surface area contributed by atoms with Crippen LogP contribution in [-0.4, -0.2) is 49.2 Å². The molecule has 1 saturated heterocycles. The van der Waals surface area contributed by atoms with Gasteiger partial charge < -0.3 is 19.7 Å². The summed E-state index contributed by atoms with van der Waals surface area (Å²) >= 11 is 0. The van der Waals surface area contributed by atoms with E-state index < -0.39 is 0 Å². The third-order valence-electron chi connectivity index (χ3n) is 4.97. The van der Waals surface area contributed by atoms with E-state index in [1.165, 1.54) is 5.56 Å². The summed E-state index contributed by atoms with van der Waals surface area (Å²) in [7, 11) is 0. The fraction of sp³-hybridized carbons (Fsp3) is 0.611. The minimum atomic E-state index is 0.134. The number of nitrogens with zero attached hydrogens (tertiary/aromatic N) is 1. The number of rotatable bonds is 2. The minimum absolute atomic E-state index is 0.134. The van der Waals surface area contributed by atoms with Crippen LogP contribution in [0.1, 0.15) is 31.7 Å². The molecular weight excluding hydrogens is 292 g/mol. The van der Waals surface area contributed by atoms with Crippen LogP contribution in [0.4, 0.5) is 0 Å². The first-order chi connectivity index (χ1) is 11.1. The molecule has 2 fully saturated rings. The summed E-state index contributed by atoms with van der Waals surface area (Å²) in [6.07, 6.45) is 0.950. The van der Waals surface area contributed by atoms with Gasteiger partial charge in [-0.1, -0.05) is 6.07 Å². The highest BCUT2D eigenvalue weighted by molar-refractivity contribution is 5.83. The Morgan fingerprint density at radius 1 is 1.13 bits per heavy atom. The fourth-order valence-electron chi connectivity index (χ4n) is 3.87. The van der Waals surface area contributed by atoms with Crippen LogP contribution in [0.3, 0.4) is 0 Å². The standard InChI is InChI=1S/C18H24N2O3/c1-11-9-20(10-12(2)19-11)18(21)15-8-14(15)13-3-4-16-17(7-13)23-6-5-22-16/h3-4,7,11-12,14-15,19H,5-6,8-10H2,1-2H3/t11-,12+,14-,15+/m0/s1. The topological polar surface area (TPSA) is 50.8 Å². The SMILES string of the molecule is C[C@@H]1CN(C(=O)[C@@H]2C[C@H]2c2ccc3c(c2)OCCO3)C[C@H](C)N1. The highest BCUT2D eigenvalue weighted by Gasteiger charge is 2.46. The molecular formula is C18H24N2O3. The van der Waals surface area contributed by atoms with E-state index in [-0.39, 0.29) is 5.92 Å². The van der Waals surface area contributed by atoms with Crippen LogP contribution >= 0.6 is 0 Å². The Kier molecular flexibility index (Phi) is 3.68. The second kappa shape index (κ2) is 5.71. The molecule has 4 atom stereocenters. The minimum Gasteiger partial charge on any atom is -0.486 e. The predicted octanol–water partition coefficient (Wildman–Crippen LogP) is 1.77. The average molecular weight is 316 g/mol. The number of benzene rings is 1. The number of carbonyl (C=O) groups is 1. The molecule has 124 valence electrons. The maximum Gasteiger partial charge on any atom is 0.226 e. The van der Waals surface area contributed by atoms with Crippen molar-refractivity contribution in [1.82, 2.24) is 10.2 Å². The van der Waals surface area contributed by atoms with Crippen molar-refractivity contribution < 1.29 is 14.3 Å². The van der Waals surface area contributed by atoms with Gasteiger partial charge in [-0.15, -0.1) is 0 Å². The van der Waals surface area contributed by atoms with E-state index in [2.05, 4.69) is 31.3 Å². The van der Waals surface area contributed by atoms with Crippen molar-refractivity contribution in [3.63, 3.8) is 0 Å². The molecule has 0 bridgehead atoms. The molecule has 0 spiro atoms. The lowest BCUT2D eigenvalue weighted by Gasteiger charge is -2.36. The quantitative estimate of drug-likeness (QED) is 0.903. The Labute approximate surface area is 136 Å². The zero-order valence-electron chi connectivity index (χ0n) is 13.7. The molecule has 0 unspecified atom stereocenters. The highest BCUT2D eigenvalue weighted by Crippen LogP contribution is 2.50. The fourth-order valence-corrected chi connectivity index (χ4v) is 3.87. The van der Waals surface area contributed by atoms with Crippen molar-refractivity contribution in [1.29, 1.82) is 0 Å². The number of fused-ring (bicyclic) bond motifs is 1. The van der Waals surface area contributed by atoms with Crippen molar-refractivity contribution in [2.45, 2.75) is 38.3 Å². The van der Waals surface area contributed by atoms with Gasteiger partial charge in [-0.25, -0.2) is 0 Å². The van der Waals surface area contributed by atoms with E-state index in [1.807, 2.05) is 11.0 Å². The number of nitrogens with one attached hydrogen (secondary N) is 1. The number of carbonyl (C=O) groups excluding carboxylic acids is 1. The normalized spacial score (nSPS) is 32.5. The lowest BCUT2D eigenvalue weighted by atomic mass is 10.1. The summed E-state index contributed by atoms with van der Waals surface area (Å²) in [5.41, 5.74) is 1.20. The lowest BCUT2D eigenvalue weighted by molar-refractivity contribution is -0.134. The van der Waals surface area contributed by atoms with Crippen LogP contribution in [-0.2, 0) is 4.79 Å². The van der Waals surface area contributed by atoms with Crippen LogP contribution in [0.2, 0.25) is 0 Å². The summed E-state index contributed by atoms with van der Waals surface area (Å²) in [6.45, 7) is 7.11. The summed E-state index contributed by atoms with van der Waals surface area (Å²) < 4.78 is 11.2. The lowest BCUT2D eigenvalue weighted by Crippen LogP contribution is -2.56. The molecule has 5 nitrogen and oxygen atoms in total. The Morgan fingerprint density at radius 2 is 1.83 bits per heavy atom. The first kappa shape index (κ1) is 14.8. The zero-order valence-corrected chi connectivity index (χ0v) is 13.7. The van der Waals surface area contributed by atoms with E-state index in [0.29, 0.717) is 37.1 Å². The molecule has 0 radical (unpaired) electrons. The van der Waals surface area contributed by atoms with Crippen LogP contribution in [0, 0.1) is 5.92 Å². The molecule has 4 rings (SSSR count). The van der Waals surface area contributed by atoms with Crippen molar-refractivity contribution in [3.8, 4) is 11.5 Å². The van der Waals surface area contributed by atoms with Crippen molar-refractivity contribution in [3.05, 3.63) is 23.8 Å². The molecule has 23 heavy (non-hydrogen) atoms. The Morgan fingerprint density at radius 3 is 2.57 bits per heavy atom. The first-order valence-corrected chi connectivity index (χ1v) is 8.56. The molecule has 1 N–H and O–H groups in total. The molecule has 2 aliphatic heterocycles. The van der Waals surface area contributed by atoms with Gasteiger partial charge in [0.15, 0.2) is 11.5 Å². The van der Waals surface area contributed by atoms with E-state index in [0.717, 1.165) is 31.0 Å². The van der Waals surface area contributed by atoms with Crippen LogP contribution in [0.25, 0.3) is 0 Å². The van der Waals surface area contributed by atoms with Gasteiger partial charge >= 0.3 is 0 Å².